The average molecular weight is 230 g/mol. The van der Waals surface area contributed by atoms with Gasteiger partial charge in [0, 0.05) is 6.61 Å². The largest absolute Gasteiger partial charge is 0.465 e. The number of carbonyl (C=O) groups excluding carboxylic acids is 2. The van der Waals surface area contributed by atoms with Crippen LogP contribution >= 0.6 is 0 Å². The monoisotopic (exact) mass is 230 g/mol. The molecular formula is C12H22O4. The smallest absolute Gasteiger partial charge is 0.316 e. The zero-order valence-corrected chi connectivity index (χ0v) is 10.8. The summed E-state index contributed by atoms with van der Waals surface area (Å²) in [4.78, 5) is 23.6. The minimum absolute atomic E-state index is 0.213. The quantitative estimate of drug-likeness (QED) is 0.495. The summed E-state index contributed by atoms with van der Waals surface area (Å²) in [6.45, 7) is 9.43. The van der Waals surface area contributed by atoms with Crippen molar-refractivity contribution in [2.75, 3.05) is 13.2 Å². The van der Waals surface area contributed by atoms with Crippen LogP contribution in [0.2, 0.25) is 0 Å². The number of ether oxygens (including phenoxy) is 2. The Morgan fingerprint density at radius 1 is 1.12 bits per heavy atom. The Balaban J connectivity index is 4.70. The molecule has 0 bridgehead atoms. The minimum atomic E-state index is -0.928. The Hall–Kier alpha value is -0.900. The van der Waals surface area contributed by atoms with Crippen LogP contribution in [0, 0.1) is 5.92 Å². The molecule has 0 aliphatic heterocycles. The van der Waals surface area contributed by atoms with Crippen LogP contribution in [0.3, 0.4) is 0 Å². The van der Waals surface area contributed by atoms with Gasteiger partial charge in [0.05, 0.1) is 6.61 Å². The van der Waals surface area contributed by atoms with Gasteiger partial charge in [-0.1, -0.05) is 6.92 Å². The maximum absolute atomic E-state index is 12.1. The summed E-state index contributed by atoms with van der Waals surface area (Å²) in [5, 5.41) is 0. The second-order valence-corrected chi connectivity index (χ2v) is 4.02. The van der Waals surface area contributed by atoms with Crippen molar-refractivity contribution in [1.82, 2.24) is 0 Å². The maximum atomic E-state index is 12.1. The molecular weight excluding hydrogens is 208 g/mol. The molecule has 0 aromatic carbocycles. The van der Waals surface area contributed by atoms with Gasteiger partial charge in [-0.3, -0.25) is 9.59 Å². The molecule has 0 amide bonds. The van der Waals surface area contributed by atoms with Crippen molar-refractivity contribution in [3.05, 3.63) is 0 Å². The predicted molar refractivity (Wildman–Crippen MR) is 61.1 cm³/mol. The molecule has 1 atom stereocenters. The van der Waals surface area contributed by atoms with E-state index in [0.717, 1.165) is 0 Å². The first-order chi connectivity index (χ1) is 7.40. The highest BCUT2D eigenvalue weighted by molar-refractivity contribution is 6.03. The zero-order valence-electron chi connectivity index (χ0n) is 10.8. The summed E-state index contributed by atoms with van der Waals surface area (Å²) in [5.74, 6) is -1.39. The highest BCUT2D eigenvalue weighted by Gasteiger charge is 2.37. The Bertz CT molecular complexity index is 245. The first-order valence-electron chi connectivity index (χ1n) is 5.75. The van der Waals surface area contributed by atoms with E-state index in [1.165, 1.54) is 0 Å². The van der Waals surface area contributed by atoms with Gasteiger partial charge < -0.3 is 9.47 Å². The minimum Gasteiger partial charge on any atom is -0.465 e. The number of rotatable bonds is 7. The number of hydrogen-bond acceptors (Lipinski definition) is 4. The van der Waals surface area contributed by atoms with Gasteiger partial charge in [-0.05, 0) is 34.1 Å². The molecule has 0 N–H and O–H groups in total. The summed E-state index contributed by atoms with van der Waals surface area (Å²) >= 11 is 0. The molecule has 94 valence electrons. The molecule has 0 spiro atoms. The van der Waals surface area contributed by atoms with Crippen LogP contribution in [-0.2, 0) is 19.1 Å². The van der Waals surface area contributed by atoms with Gasteiger partial charge in [0.15, 0.2) is 5.78 Å². The van der Waals surface area contributed by atoms with Gasteiger partial charge in [-0.15, -0.1) is 0 Å². The lowest BCUT2D eigenvalue weighted by atomic mass is 9.89. The highest BCUT2D eigenvalue weighted by Crippen LogP contribution is 2.20. The van der Waals surface area contributed by atoms with Crippen LogP contribution in [0.25, 0.3) is 0 Å². The van der Waals surface area contributed by atoms with Gasteiger partial charge in [-0.2, -0.15) is 0 Å². The molecule has 0 aliphatic rings. The van der Waals surface area contributed by atoms with E-state index < -0.39 is 17.5 Å². The van der Waals surface area contributed by atoms with E-state index in [0.29, 0.717) is 13.0 Å². The molecule has 4 nitrogen and oxygen atoms in total. The summed E-state index contributed by atoms with van der Waals surface area (Å²) in [6.07, 6.45) is 0.439. The van der Waals surface area contributed by atoms with E-state index >= 15 is 0 Å². The van der Waals surface area contributed by atoms with Gasteiger partial charge in [0.2, 0.25) is 0 Å². The fourth-order valence-electron chi connectivity index (χ4n) is 1.55. The highest BCUT2D eigenvalue weighted by atomic mass is 16.5. The van der Waals surface area contributed by atoms with Gasteiger partial charge in [-0.25, -0.2) is 0 Å². The molecule has 0 aliphatic carbocycles. The van der Waals surface area contributed by atoms with Crippen molar-refractivity contribution >= 4 is 11.8 Å². The lowest BCUT2D eigenvalue weighted by molar-refractivity contribution is -0.159. The second-order valence-electron chi connectivity index (χ2n) is 4.02. The third-order valence-electron chi connectivity index (χ3n) is 2.39. The van der Waals surface area contributed by atoms with Crippen LogP contribution in [-0.4, -0.2) is 30.6 Å². The maximum Gasteiger partial charge on any atom is 0.316 e. The summed E-state index contributed by atoms with van der Waals surface area (Å²) in [6, 6.07) is 0. The van der Waals surface area contributed by atoms with Crippen molar-refractivity contribution in [3.8, 4) is 0 Å². The molecule has 0 rings (SSSR count). The standard InChI is InChI=1S/C12H22O4/c1-6-9(11(14)15-7-2)10(13)12(4,5)16-8-3/h9H,6-8H2,1-5H3. The first kappa shape index (κ1) is 15.1. The fraction of sp³-hybridized carbons (Fsp3) is 0.833. The summed E-state index contributed by atoms with van der Waals surface area (Å²) < 4.78 is 10.2. The van der Waals surface area contributed by atoms with Crippen LogP contribution in [0.4, 0.5) is 0 Å². The SMILES string of the molecule is CCOC(=O)C(CC)C(=O)C(C)(C)OCC. The average Bonchev–Trinajstić information content (AvgIpc) is 2.19. The van der Waals surface area contributed by atoms with Crippen molar-refractivity contribution in [2.45, 2.75) is 46.6 Å². The molecule has 0 aromatic rings. The van der Waals surface area contributed by atoms with Crippen molar-refractivity contribution in [3.63, 3.8) is 0 Å². The number of esters is 1. The lowest BCUT2D eigenvalue weighted by Gasteiger charge is -2.26. The fourth-order valence-corrected chi connectivity index (χ4v) is 1.55. The second kappa shape index (κ2) is 6.63. The molecule has 1 unspecified atom stereocenters. The third kappa shape index (κ3) is 3.93. The number of ketones is 1. The van der Waals surface area contributed by atoms with Crippen molar-refractivity contribution < 1.29 is 19.1 Å². The van der Waals surface area contributed by atoms with Gasteiger partial charge in [0.25, 0.3) is 0 Å². The zero-order chi connectivity index (χ0) is 12.8. The van der Waals surface area contributed by atoms with E-state index in [-0.39, 0.29) is 12.4 Å². The number of hydrogen-bond donors (Lipinski definition) is 0. The number of Topliss-reactive ketones (excluding diaryl/α,β-unsaturated/α-hetero) is 1. The molecule has 16 heavy (non-hydrogen) atoms. The summed E-state index contributed by atoms with van der Waals surface area (Å²) in [5.41, 5.74) is -0.928. The van der Waals surface area contributed by atoms with Crippen LogP contribution in [0.5, 0.6) is 0 Å². The molecule has 0 fully saturated rings. The lowest BCUT2D eigenvalue weighted by Crippen LogP contribution is -2.42. The topological polar surface area (TPSA) is 52.6 Å². The Morgan fingerprint density at radius 2 is 1.69 bits per heavy atom. The molecule has 0 heterocycles. The molecule has 0 radical (unpaired) electrons. The number of carbonyl (C=O) groups is 2. The van der Waals surface area contributed by atoms with E-state index in [4.69, 9.17) is 9.47 Å². The van der Waals surface area contributed by atoms with Crippen LogP contribution in [0.1, 0.15) is 41.0 Å². The van der Waals surface area contributed by atoms with Crippen molar-refractivity contribution in [1.29, 1.82) is 0 Å². The molecule has 0 saturated heterocycles. The van der Waals surface area contributed by atoms with E-state index in [1.807, 2.05) is 6.92 Å². The molecule has 0 aromatic heterocycles. The Kier molecular flexibility index (Phi) is 6.26. The molecule has 0 saturated carbocycles. The third-order valence-corrected chi connectivity index (χ3v) is 2.39. The van der Waals surface area contributed by atoms with E-state index in [2.05, 4.69) is 0 Å². The predicted octanol–water partition coefficient (Wildman–Crippen LogP) is 1.96. The summed E-state index contributed by atoms with van der Waals surface area (Å²) in [7, 11) is 0. The normalized spacial score (nSPS) is 13.3. The van der Waals surface area contributed by atoms with Gasteiger partial charge >= 0.3 is 5.97 Å². The van der Waals surface area contributed by atoms with E-state index in [1.54, 1.807) is 27.7 Å². The van der Waals surface area contributed by atoms with E-state index in [9.17, 15) is 9.59 Å². The van der Waals surface area contributed by atoms with Crippen molar-refractivity contribution in [2.24, 2.45) is 5.92 Å². The first-order valence-corrected chi connectivity index (χ1v) is 5.75. The van der Waals surface area contributed by atoms with Gasteiger partial charge in [0.1, 0.15) is 11.5 Å². The molecule has 4 heteroatoms. The Morgan fingerprint density at radius 3 is 2.06 bits per heavy atom. The van der Waals surface area contributed by atoms with Crippen LogP contribution in [0.15, 0.2) is 0 Å². The van der Waals surface area contributed by atoms with Crippen LogP contribution < -0.4 is 0 Å². The Labute approximate surface area is 97.3 Å².